The van der Waals surface area contributed by atoms with Gasteiger partial charge in [-0.05, 0) is 50.6 Å². The molecular weight excluding hydrogens is 499 g/mol. The molecule has 36 heavy (non-hydrogen) atoms. The topological polar surface area (TPSA) is 111 Å². The number of hydrogen-bond acceptors (Lipinski definition) is 8. The summed E-state index contributed by atoms with van der Waals surface area (Å²) >= 11 is 0. The van der Waals surface area contributed by atoms with Crippen LogP contribution >= 0.6 is 0 Å². The van der Waals surface area contributed by atoms with Crippen molar-refractivity contribution in [3.63, 3.8) is 0 Å². The second-order valence-corrected chi connectivity index (χ2v) is 10.8. The molecule has 2 aliphatic rings. The van der Waals surface area contributed by atoms with E-state index < -0.39 is 40.2 Å². The van der Waals surface area contributed by atoms with Gasteiger partial charge in [-0.25, -0.2) is 8.42 Å². The number of sulfonamides is 1. The summed E-state index contributed by atoms with van der Waals surface area (Å²) in [6, 6.07) is 7.93. The number of alkyl halides is 3. The van der Waals surface area contributed by atoms with Crippen molar-refractivity contribution in [1.82, 2.24) is 14.5 Å². The number of hydrogen-bond donors (Lipinski definition) is 1. The van der Waals surface area contributed by atoms with Crippen LogP contribution in [0.4, 0.5) is 24.7 Å². The van der Waals surface area contributed by atoms with Gasteiger partial charge in [0, 0.05) is 25.3 Å². The smallest absolute Gasteiger partial charge is 0.382 e. The average Bonchev–Trinajstić information content (AvgIpc) is 3.16. The third-order valence-electron chi connectivity index (χ3n) is 6.09. The normalized spacial score (nSPS) is 24.8. The van der Waals surface area contributed by atoms with Crippen LogP contribution in [-0.2, 0) is 25.1 Å². The Hall–Kier alpha value is -2.92. The summed E-state index contributed by atoms with van der Waals surface area (Å²) in [7, 11) is -3.93. The van der Waals surface area contributed by atoms with Crippen LogP contribution in [-0.4, -0.2) is 67.2 Å². The van der Waals surface area contributed by atoms with E-state index >= 15 is 0 Å². The Balaban J connectivity index is 1.59. The van der Waals surface area contributed by atoms with Gasteiger partial charge in [-0.2, -0.15) is 17.5 Å². The van der Waals surface area contributed by atoms with Crippen LogP contribution in [0.2, 0.25) is 0 Å². The van der Waals surface area contributed by atoms with Crippen LogP contribution in [0.1, 0.15) is 26.3 Å². The van der Waals surface area contributed by atoms with Crippen molar-refractivity contribution in [3.8, 4) is 11.8 Å². The molecule has 0 radical (unpaired) electrons. The van der Waals surface area contributed by atoms with Gasteiger partial charge in [0.25, 0.3) is 10.0 Å². The predicted octanol–water partition coefficient (Wildman–Crippen LogP) is 2.50. The Kier molecular flexibility index (Phi) is 6.67. The summed E-state index contributed by atoms with van der Waals surface area (Å²) in [6.07, 6.45) is -4.69. The number of rotatable bonds is 4. The zero-order valence-electron chi connectivity index (χ0n) is 19.9. The third-order valence-corrected chi connectivity index (χ3v) is 7.84. The lowest BCUT2D eigenvalue weighted by Gasteiger charge is -2.40. The Morgan fingerprint density at radius 2 is 1.81 bits per heavy atom. The van der Waals surface area contributed by atoms with Gasteiger partial charge in [0.1, 0.15) is 11.9 Å². The molecule has 3 heterocycles. The van der Waals surface area contributed by atoms with E-state index in [0.29, 0.717) is 5.69 Å². The van der Waals surface area contributed by atoms with E-state index in [0.717, 1.165) is 0 Å². The maximum atomic E-state index is 14.1. The summed E-state index contributed by atoms with van der Waals surface area (Å²) in [6.45, 7) is 4.27. The monoisotopic (exact) mass is 525 g/mol. The lowest BCUT2D eigenvalue weighted by atomic mass is 9.93. The van der Waals surface area contributed by atoms with E-state index in [9.17, 15) is 21.6 Å². The van der Waals surface area contributed by atoms with Crippen molar-refractivity contribution < 1.29 is 31.1 Å². The molecule has 2 aromatic rings. The maximum absolute atomic E-state index is 14.1. The Bertz CT molecular complexity index is 1270. The first-order valence-corrected chi connectivity index (χ1v) is 12.5. The fourth-order valence-corrected chi connectivity index (χ4v) is 5.61. The second-order valence-electron chi connectivity index (χ2n) is 8.93. The number of ether oxygens (including phenoxy) is 2. The molecule has 0 amide bonds. The fraction of sp³-hybridized carbons (Fsp3) is 0.478. The summed E-state index contributed by atoms with van der Waals surface area (Å²) < 4.78 is 80.2. The number of piperazine rings is 1. The number of nitrogen functional groups attached to an aromatic ring is 1. The summed E-state index contributed by atoms with van der Waals surface area (Å²) in [4.78, 5) is 1.86. The highest BCUT2D eigenvalue weighted by Gasteiger charge is 2.63. The molecule has 0 saturated carbocycles. The first-order chi connectivity index (χ1) is 16.8. The number of nitrogens with zero attached hydrogens (tertiary/aromatic N) is 4. The van der Waals surface area contributed by atoms with Crippen LogP contribution < -0.4 is 10.6 Å². The predicted molar refractivity (Wildman–Crippen MR) is 125 cm³/mol. The lowest BCUT2D eigenvalue weighted by molar-refractivity contribution is -0.289. The van der Waals surface area contributed by atoms with E-state index in [1.54, 1.807) is 19.1 Å². The van der Waals surface area contributed by atoms with Crippen molar-refractivity contribution in [2.45, 2.75) is 49.4 Å². The SMILES string of the molecule is CC#CC1CN(S(=O)(=O)c2ccc(N)nn2)CCN1c1ccc(C2(C(F)(F)F)COC(C)(C)O2)cc1. The van der Waals surface area contributed by atoms with Gasteiger partial charge in [0.05, 0.1) is 6.61 Å². The Morgan fingerprint density at radius 1 is 1.11 bits per heavy atom. The van der Waals surface area contributed by atoms with Crippen molar-refractivity contribution in [3.05, 3.63) is 42.0 Å². The lowest BCUT2D eigenvalue weighted by Crippen LogP contribution is -2.54. The van der Waals surface area contributed by atoms with Gasteiger partial charge >= 0.3 is 6.18 Å². The molecule has 2 unspecified atom stereocenters. The zero-order valence-corrected chi connectivity index (χ0v) is 20.7. The van der Waals surface area contributed by atoms with Gasteiger partial charge in [-0.15, -0.1) is 16.1 Å². The average molecular weight is 526 g/mol. The van der Waals surface area contributed by atoms with Crippen molar-refractivity contribution in [1.29, 1.82) is 0 Å². The molecule has 2 fully saturated rings. The summed E-state index contributed by atoms with van der Waals surface area (Å²) in [5, 5.41) is 7.08. The van der Waals surface area contributed by atoms with Crippen molar-refractivity contribution >= 4 is 21.5 Å². The van der Waals surface area contributed by atoms with Gasteiger partial charge in [-0.1, -0.05) is 18.1 Å². The molecule has 2 saturated heterocycles. The van der Waals surface area contributed by atoms with E-state index in [-0.39, 0.29) is 36.0 Å². The highest BCUT2D eigenvalue weighted by atomic mass is 32.2. The minimum absolute atomic E-state index is 0.0363. The molecule has 0 aliphatic carbocycles. The van der Waals surface area contributed by atoms with Crippen LogP contribution in [0.25, 0.3) is 0 Å². The zero-order chi connectivity index (χ0) is 26.4. The molecule has 1 aromatic heterocycles. The van der Waals surface area contributed by atoms with Crippen LogP contribution in [0, 0.1) is 11.8 Å². The van der Waals surface area contributed by atoms with Gasteiger partial charge in [-0.3, -0.25) is 0 Å². The first kappa shape index (κ1) is 26.2. The molecule has 2 N–H and O–H groups in total. The molecule has 9 nitrogen and oxygen atoms in total. The molecular formula is C23H26F3N5O4S. The standard InChI is InChI=1S/C23H26F3N5O4S/c1-4-5-18-14-30(36(32,33)20-11-10-19(27)28-29-20)12-13-31(18)17-8-6-16(7-9-17)22(23(24,25)26)15-34-21(2,3)35-22/h6-11,18H,12-15H2,1-3H3,(H2,27,28). The molecule has 13 heteroatoms. The number of anilines is 2. The third kappa shape index (κ3) is 4.73. The van der Waals surface area contributed by atoms with Crippen LogP contribution in [0.5, 0.6) is 0 Å². The van der Waals surface area contributed by atoms with E-state index in [4.69, 9.17) is 15.2 Å². The molecule has 0 bridgehead atoms. The molecule has 0 spiro atoms. The number of nitrogens with two attached hydrogens (primary N) is 1. The van der Waals surface area contributed by atoms with Gasteiger partial charge in [0.2, 0.25) is 5.60 Å². The van der Waals surface area contributed by atoms with Crippen LogP contribution in [0.15, 0.2) is 41.4 Å². The number of benzene rings is 1. The van der Waals surface area contributed by atoms with E-state index in [1.807, 2.05) is 4.90 Å². The van der Waals surface area contributed by atoms with E-state index in [1.165, 1.54) is 42.4 Å². The van der Waals surface area contributed by atoms with Gasteiger partial charge < -0.3 is 20.1 Å². The summed E-state index contributed by atoms with van der Waals surface area (Å²) in [5.41, 5.74) is 3.45. The van der Waals surface area contributed by atoms with Crippen LogP contribution in [0.3, 0.4) is 0 Å². The number of halogens is 3. The minimum Gasteiger partial charge on any atom is -0.382 e. The molecule has 2 atom stereocenters. The van der Waals surface area contributed by atoms with Crippen molar-refractivity contribution in [2.75, 3.05) is 36.9 Å². The first-order valence-electron chi connectivity index (χ1n) is 11.1. The summed E-state index contributed by atoms with van der Waals surface area (Å²) in [5.74, 6) is 4.52. The fourth-order valence-electron chi connectivity index (χ4n) is 4.30. The van der Waals surface area contributed by atoms with Gasteiger partial charge in [0.15, 0.2) is 10.8 Å². The maximum Gasteiger partial charge on any atom is 0.424 e. The molecule has 1 aromatic carbocycles. The largest absolute Gasteiger partial charge is 0.424 e. The quantitative estimate of drug-likeness (QED) is 0.607. The Morgan fingerprint density at radius 3 is 2.33 bits per heavy atom. The van der Waals surface area contributed by atoms with Crippen molar-refractivity contribution in [2.24, 2.45) is 0 Å². The second kappa shape index (κ2) is 9.19. The minimum atomic E-state index is -4.69. The number of aromatic nitrogens is 2. The van der Waals surface area contributed by atoms with E-state index in [2.05, 4.69) is 22.0 Å². The molecule has 194 valence electrons. The molecule has 2 aliphatic heterocycles. The highest BCUT2D eigenvalue weighted by molar-refractivity contribution is 7.89. The highest BCUT2D eigenvalue weighted by Crippen LogP contribution is 2.49. The molecule has 4 rings (SSSR count). The Labute approximate surface area is 207 Å².